The molecule has 5 nitrogen and oxygen atoms in total. The second-order valence-corrected chi connectivity index (χ2v) is 6.05. The van der Waals surface area contributed by atoms with Crippen LogP contribution in [0.3, 0.4) is 0 Å². The van der Waals surface area contributed by atoms with Gasteiger partial charge < -0.3 is 20.2 Å². The summed E-state index contributed by atoms with van der Waals surface area (Å²) in [4.78, 5) is 16.1. The van der Waals surface area contributed by atoms with Crippen LogP contribution < -0.4 is 5.32 Å². The number of hydrogen-bond acceptors (Lipinski definition) is 3. The molecule has 2 amide bonds. The van der Waals surface area contributed by atoms with E-state index in [1.54, 1.807) is 0 Å². The fourth-order valence-electron chi connectivity index (χ4n) is 3.01. The predicted molar refractivity (Wildman–Crippen MR) is 75.0 cm³/mol. The van der Waals surface area contributed by atoms with Crippen LogP contribution in [0.1, 0.15) is 25.7 Å². The van der Waals surface area contributed by atoms with Crippen molar-refractivity contribution >= 4 is 6.03 Å². The molecule has 19 heavy (non-hydrogen) atoms. The van der Waals surface area contributed by atoms with Crippen molar-refractivity contribution in [3.8, 4) is 0 Å². The van der Waals surface area contributed by atoms with Crippen molar-refractivity contribution in [1.29, 1.82) is 0 Å². The van der Waals surface area contributed by atoms with Gasteiger partial charge in [-0.2, -0.15) is 0 Å². The summed E-state index contributed by atoms with van der Waals surface area (Å²) in [7, 11) is 2.17. The molecule has 1 atom stereocenters. The van der Waals surface area contributed by atoms with Crippen LogP contribution in [0.15, 0.2) is 0 Å². The summed E-state index contributed by atoms with van der Waals surface area (Å²) in [6, 6.07) is 0.0453. The normalized spacial score (nSPS) is 25.8. The van der Waals surface area contributed by atoms with Gasteiger partial charge in [0.05, 0.1) is 0 Å². The molecule has 2 heterocycles. The van der Waals surface area contributed by atoms with E-state index in [2.05, 4.69) is 17.3 Å². The van der Waals surface area contributed by atoms with Crippen molar-refractivity contribution in [3.63, 3.8) is 0 Å². The fourth-order valence-corrected chi connectivity index (χ4v) is 3.01. The van der Waals surface area contributed by atoms with Gasteiger partial charge in [-0.1, -0.05) is 0 Å². The minimum Gasteiger partial charge on any atom is -0.396 e. The maximum absolute atomic E-state index is 11.9. The van der Waals surface area contributed by atoms with Crippen LogP contribution in [0.4, 0.5) is 4.79 Å². The van der Waals surface area contributed by atoms with Gasteiger partial charge in [-0.05, 0) is 51.7 Å². The molecule has 2 rings (SSSR count). The molecule has 0 saturated carbocycles. The Balaban J connectivity index is 1.59. The zero-order valence-corrected chi connectivity index (χ0v) is 12.0. The molecule has 0 bridgehead atoms. The Bertz CT molecular complexity index is 290. The van der Waals surface area contributed by atoms with Crippen molar-refractivity contribution < 1.29 is 9.90 Å². The third kappa shape index (κ3) is 4.35. The smallest absolute Gasteiger partial charge is 0.317 e. The molecule has 2 aliphatic rings. The highest BCUT2D eigenvalue weighted by atomic mass is 16.3. The molecule has 2 aliphatic heterocycles. The first-order chi connectivity index (χ1) is 9.19. The average Bonchev–Trinajstić information content (AvgIpc) is 2.90. The number of nitrogens with zero attached hydrogens (tertiary/aromatic N) is 2. The lowest BCUT2D eigenvalue weighted by Gasteiger charge is -2.29. The molecule has 0 aliphatic carbocycles. The highest BCUT2D eigenvalue weighted by molar-refractivity contribution is 5.74. The molecular formula is C14H27N3O2. The number of aliphatic hydroxyl groups is 1. The molecule has 2 fully saturated rings. The van der Waals surface area contributed by atoms with E-state index in [0.717, 1.165) is 31.8 Å². The molecule has 0 radical (unpaired) electrons. The minimum absolute atomic E-state index is 0.0453. The quantitative estimate of drug-likeness (QED) is 0.791. The van der Waals surface area contributed by atoms with E-state index in [-0.39, 0.29) is 18.6 Å². The standard InChI is InChI=1S/C14H27N3O2/c1-16-7-3-12(4-8-16)2-6-15-14(19)17-9-5-13(10-17)11-18/h12-13,18H,2-11H2,1H3,(H,15,19). The largest absolute Gasteiger partial charge is 0.396 e. The topological polar surface area (TPSA) is 55.8 Å². The Morgan fingerprint density at radius 3 is 2.53 bits per heavy atom. The summed E-state index contributed by atoms with van der Waals surface area (Å²) < 4.78 is 0. The highest BCUT2D eigenvalue weighted by Gasteiger charge is 2.25. The Labute approximate surface area is 115 Å². The Kier molecular flexibility index (Phi) is 5.45. The maximum Gasteiger partial charge on any atom is 0.317 e. The van der Waals surface area contributed by atoms with E-state index in [1.807, 2.05) is 4.90 Å². The summed E-state index contributed by atoms with van der Waals surface area (Å²) in [5.41, 5.74) is 0. The molecule has 1 unspecified atom stereocenters. The summed E-state index contributed by atoms with van der Waals surface area (Å²) in [5, 5.41) is 12.1. The number of hydrogen-bond donors (Lipinski definition) is 2. The van der Waals surface area contributed by atoms with Gasteiger partial charge in [0, 0.05) is 32.2 Å². The van der Waals surface area contributed by atoms with E-state index in [0.29, 0.717) is 6.54 Å². The Morgan fingerprint density at radius 2 is 1.89 bits per heavy atom. The van der Waals surface area contributed by atoms with Crippen LogP contribution in [0.2, 0.25) is 0 Å². The van der Waals surface area contributed by atoms with Crippen molar-refractivity contribution in [3.05, 3.63) is 0 Å². The molecular weight excluding hydrogens is 242 g/mol. The monoisotopic (exact) mass is 269 g/mol. The van der Waals surface area contributed by atoms with Gasteiger partial charge in [0.15, 0.2) is 0 Å². The predicted octanol–water partition coefficient (Wildman–Crippen LogP) is 0.742. The van der Waals surface area contributed by atoms with Gasteiger partial charge in [-0.15, -0.1) is 0 Å². The first-order valence-electron chi connectivity index (χ1n) is 7.51. The maximum atomic E-state index is 11.9. The molecule has 0 aromatic carbocycles. The first kappa shape index (κ1) is 14.6. The highest BCUT2D eigenvalue weighted by Crippen LogP contribution is 2.19. The summed E-state index contributed by atoms with van der Waals surface area (Å²) in [6.07, 6.45) is 4.53. The third-order valence-electron chi connectivity index (χ3n) is 4.50. The van der Waals surface area contributed by atoms with Crippen LogP contribution in [-0.4, -0.2) is 67.3 Å². The van der Waals surface area contributed by atoms with Gasteiger partial charge in [0.2, 0.25) is 0 Å². The van der Waals surface area contributed by atoms with Crippen molar-refractivity contribution in [2.45, 2.75) is 25.7 Å². The van der Waals surface area contributed by atoms with Gasteiger partial charge in [-0.3, -0.25) is 0 Å². The zero-order valence-electron chi connectivity index (χ0n) is 12.0. The van der Waals surface area contributed by atoms with Crippen molar-refractivity contribution in [1.82, 2.24) is 15.1 Å². The van der Waals surface area contributed by atoms with Crippen LogP contribution in [-0.2, 0) is 0 Å². The summed E-state index contributed by atoms with van der Waals surface area (Å²) in [5.74, 6) is 1.04. The number of rotatable bonds is 4. The second kappa shape index (κ2) is 7.10. The minimum atomic E-state index is 0.0453. The lowest BCUT2D eigenvalue weighted by molar-refractivity contribution is 0.193. The number of carbonyl (C=O) groups excluding carboxylic acids is 1. The molecule has 2 saturated heterocycles. The molecule has 2 N–H and O–H groups in total. The number of likely N-dealkylation sites (tertiary alicyclic amines) is 2. The first-order valence-corrected chi connectivity index (χ1v) is 7.51. The third-order valence-corrected chi connectivity index (χ3v) is 4.50. The SMILES string of the molecule is CN1CCC(CCNC(=O)N2CCC(CO)C2)CC1. The molecule has 0 aromatic heterocycles. The van der Waals surface area contributed by atoms with E-state index >= 15 is 0 Å². The van der Waals surface area contributed by atoms with E-state index < -0.39 is 0 Å². The van der Waals surface area contributed by atoms with E-state index in [4.69, 9.17) is 5.11 Å². The van der Waals surface area contributed by atoms with Gasteiger partial charge in [-0.25, -0.2) is 4.79 Å². The number of nitrogens with one attached hydrogen (secondary N) is 1. The van der Waals surface area contributed by atoms with Gasteiger partial charge in [0.1, 0.15) is 0 Å². The van der Waals surface area contributed by atoms with Crippen LogP contribution in [0.25, 0.3) is 0 Å². The Hall–Kier alpha value is -0.810. The van der Waals surface area contributed by atoms with E-state index in [1.165, 1.54) is 25.9 Å². The average molecular weight is 269 g/mol. The van der Waals surface area contributed by atoms with Crippen LogP contribution in [0.5, 0.6) is 0 Å². The van der Waals surface area contributed by atoms with Gasteiger partial charge >= 0.3 is 6.03 Å². The summed E-state index contributed by atoms with van der Waals surface area (Å²) >= 11 is 0. The number of amides is 2. The molecule has 0 spiro atoms. The van der Waals surface area contributed by atoms with Crippen LogP contribution in [0, 0.1) is 11.8 Å². The van der Waals surface area contributed by atoms with Crippen molar-refractivity contribution in [2.24, 2.45) is 11.8 Å². The van der Waals surface area contributed by atoms with Crippen molar-refractivity contribution in [2.75, 3.05) is 46.4 Å². The Morgan fingerprint density at radius 1 is 1.21 bits per heavy atom. The number of aliphatic hydroxyl groups excluding tert-OH is 1. The molecule has 110 valence electrons. The van der Waals surface area contributed by atoms with Gasteiger partial charge in [0.25, 0.3) is 0 Å². The lowest BCUT2D eigenvalue weighted by Crippen LogP contribution is -2.40. The molecule has 5 heteroatoms. The number of urea groups is 1. The zero-order chi connectivity index (χ0) is 13.7. The number of carbonyl (C=O) groups is 1. The number of piperidine rings is 1. The summed E-state index contributed by atoms with van der Waals surface area (Å²) in [6.45, 7) is 4.83. The fraction of sp³-hybridized carbons (Fsp3) is 0.929. The van der Waals surface area contributed by atoms with Crippen LogP contribution >= 0.6 is 0 Å². The molecule has 0 aromatic rings. The van der Waals surface area contributed by atoms with E-state index in [9.17, 15) is 4.79 Å². The second-order valence-electron chi connectivity index (χ2n) is 6.05. The lowest BCUT2D eigenvalue weighted by atomic mass is 9.94.